The van der Waals surface area contributed by atoms with Gasteiger partial charge in [-0.3, -0.25) is 0 Å². The second-order valence-electron chi connectivity index (χ2n) is 6.05. The molecule has 0 amide bonds. The zero-order chi connectivity index (χ0) is 15.7. The number of ether oxygens (including phenoxy) is 2. The van der Waals surface area contributed by atoms with Gasteiger partial charge in [-0.05, 0) is 24.3 Å². The predicted octanol–water partition coefficient (Wildman–Crippen LogP) is 3.73. The fraction of sp³-hybridized carbons (Fsp3) is 0.500. The Hall–Kier alpha value is -1.44. The number of aromatic nitrogens is 3. The number of hydrogen-bond acceptors (Lipinski definition) is 5. The summed E-state index contributed by atoms with van der Waals surface area (Å²) >= 11 is 0.104. The summed E-state index contributed by atoms with van der Waals surface area (Å²) in [6.45, 7) is 1.43. The highest BCUT2D eigenvalue weighted by atomic mass is 32.2. The highest BCUT2D eigenvalue weighted by molar-refractivity contribution is 7.92. The molecule has 1 saturated heterocycles. The van der Waals surface area contributed by atoms with Gasteiger partial charge in [0, 0.05) is 18.4 Å². The third-order valence-corrected chi connectivity index (χ3v) is 5.21. The Kier molecular flexibility index (Phi) is 4.09. The van der Waals surface area contributed by atoms with E-state index in [4.69, 9.17) is 9.47 Å². The summed E-state index contributed by atoms with van der Waals surface area (Å²) in [5, 5.41) is 7.71. The molecule has 0 unspecified atom stereocenters. The van der Waals surface area contributed by atoms with Crippen LogP contribution in [0.5, 0.6) is 0 Å². The molecule has 1 aromatic carbocycles. The van der Waals surface area contributed by atoms with E-state index in [-0.39, 0.29) is 18.1 Å². The fourth-order valence-corrected chi connectivity index (χ4v) is 3.83. The molecule has 1 aromatic heterocycles. The lowest BCUT2D eigenvalue weighted by molar-refractivity contribution is -0.178. The van der Waals surface area contributed by atoms with Crippen molar-refractivity contribution in [2.75, 3.05) is 13.2 Å². The van der Waals surface area contributed by atoms with Gasteiger partial charge >= 0.3 is 0 Å². The molecule has 0 N–H and O–H groups in total. The maximum atomic E-state index is 12.8. The molecule has 2 aromatic rings. The second-order valence-corrected chi connectivity index (χ2v) is 6.58. The van der Waals surface area contributed by atoms with Crippen LogP contribution in [0.4, 0.5) is 3.89 Å². The van der Waals surface area contributed by atoms with Gasteiger partial charge in [-0.15, -0.1) is 14.1 Å². The largest absolute Gasteiger partial charge is 0.348 e. The molecule has 7 heteroatoms. The van der Waals surface area contributed by atoms with Crippen molar-refractivity contribution in [3.8, 4) is 11.4 Å². The second kappa shape index (κ2) is 6.22. The van der Waals surface area contributed by atoms with Gasteiger partial charge in [0.1, 0.15) is 6.33 Å². The Bertz CT molecular complexity index is 660. The highest BCUT2D eigenvalue weighted by Gasteiger charge is 2.40. The molecule has 1 saturated carbocycles. The van der Waals surface area contributed by atoms with Crippen molar-refractivity contribution in [1.29, 1.82) is 0 Å². The zero-order valence-electron chi connectivity index (χ0n) is 12.7. The van der Waals surface area contributed by atoms with Gasteiger partial charge in [0.25, 0.3) is 0 Å². The van der Waals surface area contributed by atoms with Crippen molar-refractivity contribution >= 4 is 12.3 Å². The molecule has 5 nitrogen and oxygen atoms in total. The molecular formula is C16H18FN3O2S. The summed E-state index contributed by atoms with van der Waals surface area (Å²) in [7, 11) is 0. The summed E-state index contributed by atoms with van der Waals surface area (Å²) in [4.78, 5) is 0. The fourth-order valence-electron chi connectivity index (χ4n) is 3.54. The number of nitrogens with zero attached hydrogens (tertiary/aromatic N) is 3. The van der Waals surface area contributed by atoms with Crippen molar-refractivity contribution in [3.05, 3.63) is 36.2 Å². The lowest BCUT2D eigenvalue weighted by Gasteiger charge is -2.35. The molecule has 0 radical (unpaired) electrons. The molecule has 1 aliphatic heterocycles. The van der Waals surface area contributed by atoms with Crippen LogP contribution in [-0.2, 0) is 9.47 Å². The summed E-state index contributed by atoms with van der Waals surface area (Å²) in [5.41, 5.74) is 2.17. The van der Waals surface area contributed by atoms with E-state index in [0.717, 1.165) is 31.2 Å². The molecule has 1 spiro atoms. The Labute approximate surface area is 138 Å². The molecule has 4 rings (SSSR count). The van der Waals surface area contributed by atoms with E-state index in [1.165, 1.54) is 15.9 Å². The quantitative estimate of drug-likeness (QED) is 0.855. The number of benzene rings is 1. The van der Waals surface area contributed by atoms with Crippen LogP contribution in [0.1, 0.15) is 37.2 Å². The van der Waals surface area contributed by atoms with Crippen molar-refractivity contribution in [1.82, 2.24) is 14.2 Å². The van der Waals surface area contributed by atoms with E-state index in [0.29, 0.717) is 25.0 Å². The molecular weight excluding hydrogens is 317 g/mol. The first-order chi connectivity index (χ1) is 11.3. The SMILES string of the molecule is FSn1cnnc1-c1ccc(C2CCC3(CC2)OCCO3)cc1. The van der Waals surface area contributed by atoms with Crippen LogP contribution in [-0.4, -0.2) is 33.2 Å². The smallest absolute Gasteiger partial charge is 0.175 e. The van der Waals surface area contributed by atoms with E-state index in [1.54, 1.807) is 0 Å². The van der Waals surface area contributed by atoms with Crippen molar-refractivity contribution in [3.63, 3.8) is 0 Å². The van der Waals surface area contributed by atoms with Crippen LogP contribution in [0.15, 0.2) is 30.6 Å². The minimum absolute atomic E-state index is 0.104. The zero-order valence-corrected chi connectivity index (χ0v) is 13.5. The standard InChI is InChI=1S/C16H18FN3O2S/c17-23-20-11-18-19-15(20)14-3-1-12(2-4-14)13-5-7-16(8-6-13)21-9-10-22-16/h1-4,11,13H,5-10H2. The van der Waals surface area contributed by atoms with E-state index in [9.17, 15) is 3.89 Å². The van der Waals surface area contributed by atoms with E-state index in [1.807, 2.05) is 12.1 Å². The molecule has 2 heterocycles. The maximum Gasteiger partial charge on any atom is 0.175 e. The van der Waals surface area contributed by atoms with Gasteiger partial charge in [-0.2, -0.15) is 0 Å². The van der Waals surface area contributed by atoms with Crippen LogP contribution < -0.4 is 0 Å². The van der Waals surface area contributed by atoms with Gasteiger partial charge in [0.15, 0.2) is 23.9 Å². The Morgan fingerprint density at radius 2 is 1.83 bits per heavy atom. The molecule has 2 fully saturated rings. The van der Waals surface area contributed by atoms with Crippen LogP contribution >= 0.6 is 12.3 Å². The third-order valence-electron chi connectivity index (χ3n) is 4.79. The highest BCUT2D eigenvalue weighted by Crippen LogP contribution is 2.42. The van der Waals surface area contributed by atoms with Gasteiger partial charge in [-0.1, -0.05) is 24.3 Å². The molecule has 23 heavy (non-hydrogen) atoms. The summed E-state index contributed by atoms with van der Waals surface area (Å²) in [5.74, 6) is 0.737. The monoisotopic (exact) mass is 335 g/mol. The van der Waals surface area contributed by atoms with Crippen molar-refractivity contribution in [2.45, 2.75) is 37.4 Å². The van der Waals surface area contributed by atoms with Gasteiger partial charge in [0.2, 0.25) is 0 Å². The van der Waals surface area contributed by atoms with Gasteiger partial charge < -0.3 is 9.47 Å². The van der Waals surface area contributed by atoms with Crippen molar-refractivity contribution < 1.29 is 13.4 Å². The molecule has 0 bridgehead atoms. The summed E-state index contributed by atoms with van der Waals surface area (Å²) < 4.78 is 25.7. The summed E-state index contributed by atoms with van der Waals surface area (Å²) in [6.07, 6.45) is 5.40. The lowest BCUT2D eigenvalue weighted by Crippen LogP contribution is -2.34. The summed E-state index contributed by atoms with van der Waals surface area (Å²) in [6, 6.07) is 8.19. The first kappa shape index (κ1) is 15.1. The van der Waals surface area contributed by atoms with Gasteiger partial charge in [-0.25, -0.2) is 3.97 Å². The van der Waals surface area contributed by atoms with Crippen LogP contribution in [0.2, 0.25) is 0 Å². The molecule has 122 valence electrons. The minimum atomic E-state index is -0.314. The molecule has 2 aliphatic rings. The van der Waals surface area contributed by atoms with E-state index in [2.05, 4.69) is 22.3 Å². The van der Waals surface area contributed by atoms with Crippen molar-refractivity contribution in [2.24, 2.45) is 0 Å². The van der Waals surface area contributed by atoms with Crippen LogP contribution in [0, 0.1) is 0 Å². The Morgan fingerprint density at radius 3 is 2.48 bits per heavy atom. The Morgan fingerprint density at radius 1 is 1.13 bits per heavy atom. The first-order valence-electron chi connectivity index (χ1n) is 7.87. The predicted molar refractivity (Wildman–Crippen MR) is 85.4 cm³/mol. The molecule has 1 aliphatic carbocycles. The first-order valence-corrected chi connectivity index (χ1v) is 8.54. The average molecular weight is 335 g/mol. The number of hydrogen-bond donors (Lipinski definition) is 0. The normalized spacial score (nSPS) is 21.1. The topological polar surface area (TPSA) is 49.2 Å². The number of halogens is 1. The van der Waals surface area contributed by atoms with Crippen LogP contribution in [0.25, 0.3) is 11.4 Å². The van der Waals surface area contributed by atoms with Gasteiger partial charge in [0.05, 0.1) is 13.2 Å². The maximum absolute atomic E-state index is 12.8. The minimum Gasteiger partial charge on any atom is -0.348 e. The average Bonchev–Trinajstić information content (AvgIpc) is 3.25. The Balaban J connectivity index is 1.46. The molecule has 0 atom stereocenters. The van der Waals surface area contributed by atoms with Crippen LogP contribution in [0.3, 0.4) is 0 Å². The number of rotatable bonds is 3. The van der Waals surface area contributed by atoms with E-state index < -0.39 is 0 Å². The van der Waals surface area contributed by atoms with E-state index >= 15 is 0 Å². The lowest BCUT2D eigenvalue weighted by atomic mass is 9.81. The third kappa shape index (κ3) is 2.88.